The highest BCUT2D eigenvalue weighted by Gasteiger charge is 2.30. The van der Waals surface area contributed by atoms with Crippen molar-refractivity contribution in [3.63, 3.8) is 0 Å². The number of carbonyl (C=O) groups excluding carboxylic acids is 1. The zero-order valence-electron chi connectivity index (χ0n) is 12.6. The van der Waals surface area contributed by atoms with Crippen LogP contribution in [-0.4, -0.2) is 40.4 Å². The van der Waals surface area contributed by atoms with E-state index in [4.69, 9.17) is 0 Å². The van der Waals surface area contributed by atoms with Crippen molar-refractivity contribution in [2.45, 2.75) is 26.3 Å². The second-order valence-corrected chi connectivity index (χ2v) is 6.04. The minimum Gasteiger partial charge on any atom is -0.340 e. The van der Waals surface area contributed by atoms with Crippen molar-refractivity contribution in [1.29, 1.82) is 0 Å². The third-order valence-electron chi connectivity index (χ3n) is 3.87. The van der Waals surface area contributed by atoms with Crippen molar-refractivity contribution < 1.29 is 4.79 Å². The van der Waals surface area contributed by atoms with Crippen molar-refractivity contribution in [3.05, 3.63) is 30.1 Å². The summed E-state index contributed by atoms with van der Waals surface area (Å²) in [6, 6.07) is 7.98. The minimum atomic E-state index is -0.00241. The van der Waals surface area contributed by atoms with Crippen LogP contribution >= 0.6 is 0 Å². The van der Waals surface area contributed by atoms with Crippen LogP contribution in [0.1, 0.15) is 32.1 Å². The van der Waals surface area contributed by atoms with Gasteiger partial charge in [-0.15, -0.1) is 0 Å². The Balaban J connectivity index is 1.88. The SMILES string of the molecule is CC(C)CC(=O)N1CCNCC1c1nc2ccccc2[nH]1. The standard InChI is InChI=1S/C16H22N4O/c1-11(2)9-15(21)20-8-7-17-10-14(20)16-18-12-5-3-4-6-13(12)19-16/h3-6,11,14,17H,7-10H2,1-2H3,(H,18,19). The van der Waals surface area contributed by atoms with Crippen LogP contribution in [0.4, 0.5) is 0 Å². The van der Waals surface area contributed by atoms with E-state index in [0.29, 0.717) is 12.3 Å². The predicted octanol–water partition coefficient (Wildman–Crippen LogP) is 2.08. The Morgan fingerprint density at radius 1 is 1.43 bits per heavy atom. The Labute approximate surface area is 124 Å². The maximum absolute atomic E-state index is 12.5. The number of hydrogen-bond donors (Lipinski definition) is 2. The number of H-pyrrole nitrogens is 1. The van der Waals surface area contributed by atoms with Gasteiger partial charge in [0.15, 0.2) is 0 Å². The maximum atomic E-state index is 12.5. The van der Waals surface area contributed by atoms with Gasteiger partial charge in [-0.1, -0.05) is 26.0 Å². The first-order chi connectivity index (χ1) is 10.1. The number of nitrogens with zero attached hydrogens (tertiary/aromatic N) is 2. The average molecular weight is 286 g/mol. The lowest BCUT2D eigenvalue weighted by atomic mass is 10.1. The third-order valence-corrected chi connectivity index (χ3v) is 3.87. The van der Waals surface area contributed by atoms with Gasteiger partial charge in [0.2, 0.25) is 5.91 Å². The normalized spacial score (nSPS) is 19.4. The molecular formula is C16H22N4O. The van der Waals surface area contributed by atoms with E-state index in [-0.39, 0.29) is 11.9 Å². The third kappa shape index (κ3) is 2.93. The molecule has 1 aliphatic heterocycles. The number of imidazole rings is 1. The van der Waals surface area contributed by atoms with E-state index in [1.807, 2.05) is 29.2 Å². The molecule has 1 aromatic heterocycles. The van der Waals surface area contributed by atoms with Gasteiger partial charge in [-0.3, -0.25) is 4.79 Å². The van der Waals surface area contributed by atoms with Crippen LogP contribution in [0, 0.1) is 5.92 Å². The van der Waals surface area contributed by atoms with E-state index in [9.17, 15) is 4.79 Å². The molecule has 5 nitrogen and oxygen atoms in total. The molecule has 0 radical (unpaired) electrons. The molecule has 1 atom stereocenters. The molecule has 1 amide bonds. The number of amides is 1. The molecule has 2 N–H and O–H groups in total. The van der Waals surface area contributed by atoms with Crippen molar-refractivity contribution in [3.8, 4) is 0 Å². The lowest BCUT2D eigenvalue weighted by Gasteiger charge is -2.35. The summed E-state index contributed by atoms with van der Waals surface area (Å²) in [6.07, 6.45) is 0.594. The van der Waals surface area contributed by atoms with Crippen LogP contribution in [0.2, 0.25) is 0 Å². The lowest BCUT2D eigenvalue weighted by Crippen LogP contribution is -2.49. The number of piperazine rings is 1. The second kappa shape index (κ2) is 5.85. The molecule has 1 unspecified atom stereocenters. The second-order valence-electron chi connectivity index (χ2n) is 6.04. The van der Waals surface area contributed by atoms with E-state index in [1.54, 1.807) is 0 Å². The van der Waals surface area contributed by atoms with E-state index in [1.165, 1.54) is 0 Å². The van der Waals surface area contributed by atoms with Crippen LogP contribution < -0.4 is 5.32 Å². The quantitative estimate of drug-likeness (QED) is 0.908. The molecule has 2 heterocycles. The summed E-state index contributed by atoms with van der Waals surface area (Å²) < 4.78 is 0. The lowest BCUT2D eigenvalue weighted by molar-refractivity contribution is -0.135. The molecule has 21 heavy (non-hydrogen) atoms. The summed E-state index contributed by atoms with van der Waals surface area (Å²) in [4.78, 5) is 22.4. The summed E-state index contributed by atoms with van der Waals surface area (Å²) >= 11 is 0. The highest BCUT2D eigenvalue weighted by molar-refractivity contribution is 5.78. The molecule has 0 spiro atoms. The number of aromatic nitrogens is 2. The van der Waals surface area contributed by atoms with E-state index in [0.717, 1.165) is 36.5 Å². The molecule has 0 bridgehead atoms. The first kappa shape index (κ1) is 14.1. The first-order valence-electron chi connectivity index (χ1n) is 7.60. The van der Waals surface area contributed by atoms with Crippen molar-refractivity contribution in [2.75, 3.05) is 19.6 Å². The van der Waals surface area contributed by atoms with E-state index in [2.05, 4.69) is 29.1 Å². The molecule has 0 saturated carbocycles. The van der Waals surface area contributed by atoms with Gasteiger partial charge in [0.25, 0.3) is 0 Å². The monoisotopic (exact) mass is 286 g/mol. The van der Waals surface area contributed by atoms with Gasteiger partial charge < -0.3 is 15.2 Å². The van der Waals surface area contributed by atoms with Gasteiger partial charge >= 0.3 is 0 Å². The fraction of sp³-hybridized carbons (Fsp3) is 0.500. The number of carbonyl (C=O) groups is 1. The minimum absolute atomic E-state index is 0.00241. The number of para-hydroxylation sites is 2. The number of benzene rings is 1. The zero-order valence-corrected chi connectivity index (χ0v) is 12.6. The van der Waals surface area contributed by atoms with Crippen LogP contribution in [-0.2, 0) is 4.79 Å². The average Bonchev–Trinajstić information content (AvgIpc) is 2.90. The van der Waals surface area contributed by atoms with Crippen molar-refractivity contribution >= 4 is 16.9 Å². The van der Waals surface area contributed by atoms with E-state index < -0.39 is 0 Å². The molecule has 1 fully saturated rings. The molecule has 3 rings (SSSR count). The van der Waals surface area contributed by atoms with Gasteiger partial charge in [-0.05, 0) is 18.1 Å². The summed E-state index contributed by atoms with van der Waals surface area (Å²) in [6.45, 7) is 6.50. The fourth-order valence-electron chi connectivity index (χ4n) is 2.84. The van der Waals surface area contributed by atoms with E-state index >= 15 is 0 Å². The largest absolute Gasteiger partial charge is 0.340 e. The fourth-order valence-corrected chi connectivity index (χ4v) is 2.84. The van der Waals surface area contributed by atoms with Crippen LogP contribution in [0.5, 0.6) is 0 Å². The zero-order chi connectivity index (χ0) is 14.8. The van der Waals surface area contributed by atoms with Gasteiger partial charge in [0, 0.05) is 26.1 Å². The van der Waals surface area contributed by atoms with Gasteiger partial charge in [-0.2, -0.15) is 0 Å². The van der Waals surface area contributed by atoms with Crippen LogP contribution in [0.15, 0.2) is 24.3 Å². The van der Waals surface area contributed by atoms with Crippen LogP contribution in [0.25, 0.3) is 11.0 Å². The van der Waals surface area contributed by atoms with Crippen molar-refractivity contribution in [1.82, 2.24) is 20.2 Å². The maximum Gasteiger partial charge on any atom is 0.223 e. The summed E-state index contributed by atoms with van der Waals surface area (Å²) in [5.41, 5.74) is 1.98. The molecule has 112 valence electrons. The molecule has 1 aromatic carbocycles. The number of aromatic amines is 1. The Kier molecular flexibility index (Phi) is 3.92. The Hall–Kier alpha value is -1.88. The van der Waals surface area contributed by atoms with Crippen molar-refractivity contribution in [2.24, 2.45) is 5.92 Å². The topological polar surface area (TPSA) is 61.0 Å². The predicted molar refractivity (Wildman–Crippen MR) is 82.9 cm³/mol. The molecule has 2 aromatic rings. The smallest absolute Gasteiger partial charge is 0.223 e. The molecule has 1 aliphatic rings. The summed E-state index contributed by atoms with van der Waals surface area (Å²) in [5, 5.41) is 3.36. The number of hydrogen-bond acceptors (Lipinski definition) is 3. The number of rotatable bonds is 3. The molecule has 1 saturated heterocycles. The van der Waals surface area contributed by atoms with Gasteiger partial charge in [-0.25, -0.2) is 4.98 Å². The highest BCUT2D eigenvalue weighted by atomic mass is 16.2. The first-order valence-corrected chi connectivity index (χ1v) is 7.60. The highest BCUT2D eigenvalue weighted by Crippen LogP contribution is 2.24. The Morgan fingerprint density at radius 2 is 2.24 bits per heavy atom. The van der Waals surface area contributed by atoms with Crippen LogP contribution in [0.3, 0.4) is 0 Å². The molecule has 5 heteroatoms. The number of fused-ring (bicyclic) bond motifs is 1. The number of nitrogens with one attached hydrogen (secondary N) is 2. The molecular weight excluding hydrogens is 264 g/mol. The van der Waals surface area contributed by atoms with Gasteiger partial charge in [0.05, 0.1) is 11.0 Å². The Bertz CT molecular complexity index is 601. The Morgan fingerprint density at radius 3 is 3.00 bits per heavy atom. The summed E-state index contributed by atoms with van der Waals surface area (Å²) in [5.74, 6) is 1.47. The van der Waals surface area contributed by atoms with Gasteiger partial charge in [0.1, 0.15) is 11.9 Å². The molecule has 0 aliphatic carbocycles. The summed E-state index contributed by atoms with van der Waals surface area (Å²) in [7, 11) is 0.